The van der Waals surface area contributed by atoms with Crippen LogP contribution >= 0.6 is 0 Å². The van der Waals surface area contributed by atoms with E-state index in [4.69, 9.17) is 4.74 Å². The summed E-state index contributed by atoms with van der Waals surface area (Å²) >= 11 is 0. The second kappa shape index (κ2) is 10.1. The van der Waals surface area contributed by atoms with Gasteiger partial charge in [0.15, 0.2) is 0 Å². The SMILES string of the molecule is C[C@H](c1ccc(F)cc1)N1C(=O)[C@H]2C[C@@H]1CN2C[C@H](NC(=O)OC(C)(C)C)C(=O)N1CCC[C@H]1C#N. The lowest BCUT2D eigenvalue weighted by Gasteiger charge is -2.39. The number of piperazine rings is 1. The van der Waals surface area contributed by atoms with Gasteiger partial charge in [-0.05, 0) is 64.7 Å². The number of hydrogen-bond acceptors (Lipinski definition) is 6. The average Bonchev–Trinajstić information content (AvgIpc) is 3.51. The van der Waals surface area contributed by atoms with Crippen LogP contribution in [-0.4, -0.2) is 82.0 Å². The van der Waals surface area contributed by atoms with Crippen molar-refractivity contribution in [2.75, 3.05) is 19.6 Å². The van der Waals surface area contributed by atoms with Gasteiger partial charge in [-0.15, -0.1) is 0 Å². The van der Waals surface area contributed by atoms with Crippen molar-refractivity contribution in [3.8, 4) is 6.07 Å². The Labute approximate surface area is 211 Å². The van der Waals surface area contributed by atoms with Gasteiger partial charge in [0.25, 0.3) is 0 Å². The topological polar surface area (TPSA) is 106 Å². The maximum atomic E-state index is 13.4. The molecule has 1 aromatic rings. The van der Waals surface area contributed by atoms with Crippen LogP contribution in [-0.2, 0) is 14.3 Å². The third-order valence-corrected chi connectivity index (χ3v) is 7.18. The minimum atomic E-state index is -0.941. The van der Waals surface area contributed by atoms with Gasteiger partial charge in [-0.3, -0.25) is 14.5 Å². The van der Waals surface area contributed by atoms with E-state index in [1.807, 2.05) is 16.7 Å². The van der Waals surface area contributed by atoms with E-state index in [0.29, 0.717) is 25.9 Å². The lowest BCUT2D eigenvalue weighted by Crippen LogP contribution is -2.59. The highest BCUT2D eigenvalue weighted by molar-refractivity contribution is 5.88. The van der Waals surface area contributed by atoms with E-state index >= 15 is 0 Å². The Morgan fingerprint density at radius 3 is 2.58 bits per heavy atom. The molecule has 0 saturated carbocycles. The van der Waals surface area contributed by atoms with Gasteiger partial charge in [0, 0.05) is 25.7 Å². The summed E-state index contributed by atoms with van der Waals surface area (Å²) in [7, 11) is 0. The van der Waals surface area contributed by atoms with Crippen molar-refractivity contribution >= 4 is 17.9 Å². The number of nitrogens with one attached hydrogen (secondary N) is 1. The van der Waals surface area contributed by atoms with Crippen molar-refractivity contribution in [1.82, 2.24) is 20.0 Å². The molecule has 4 rings (SSSR count). The lowest BCUT2D eigenvalue weighted by molar-refractivity contribution is -0.141. The summed E-state index contributed by atoms with van der Waals surface area (Å²) in [5.74, 6) is -0.699. The van der Waals surface area contributed by atoms with Gasteiger partial charge in [0.05, 0.1) is 18.2 Å². The van der Waals surface area contributed by atoms with E-state index in [9.17, 15) is 24.0 Å². The number of halogens is 1. The Kier molecular flexibility index (Phi) is 7.23. The van der Waals surface area contributed by atoms with Gasteiger partial charge in [-0.1, -0.05) is 12.1 Å². The highest BCUT2D eigenvalue weighted by Crippen LogP contribution is 2.38. The number of carbonyl (C=O) groups is 3. The zero-order valence-corrected chi connectivity index (χ0v) is 21.2. The van der Waals surface area contributed by atoms with Crippen molar-refractivity contribution in [1.29, 1.82) is 5.26 Å². The number of alkyl carbamates (subject to hydrolysis) is 1. The fraction of sp³-hybridized carbons (Fsp3) is 0.615. The Balaban J connectivity index is 1.47. The van der Waals surface area contributed by atoms with Gasteiger partial charge in [0.1, 0.15) is 23.5 Å². The van der Waals surface area contributed by atoms with Crippen LogP contribution in [0.25, 0.3) is 0 Å². The maximum absolute atomic E-state index is 13.4. The predicted octanol–water partition coefficient (Wildman–Crippen LogP) is 2.58. The lowest BCUT2D eigenvalue weighted by atomic mass is 10.1. The van der Waals surface area contributed by atoms with Crippen molar-refractivity contribution in [3.63, 3.8) is 0 Å². The first-order valence-electron chi connectivity index (χ1n) is 12.5. The summed E-state index contributed by atoms with van der Waals surface area (Å²) in [5.41, 5.74) is 0.125. The summed E-state index contributed by atoms with van der Waals surface area (Å²) in [6, 6.07) is 6.23. The van der Waals surface area contributed by atoms with Crippen LogP contribution in [0, 0.1) is 17.1 Å². The fourth-order valence-electron chi connectivity index (χ4n) is 5.54. The molecule has 3 aliphatic rings. The molecule has 194 valence electrons. The molecule has 0 aromatic heterocycles. The number of nitrogens with zero attached hydrogens (tertiary/aromatic N) is 4. The smallest absolute Gasteiger partial charge is 0.408 e. The van der Waals surface area contributed by atoms with Crippen LogP contribution in [0.1, 0.15) is 58.6 Å². The second-order valence-corrected chi connectivity index (χ2v) is 10.8. The molecule has 1 aromatic carbocycles. The van der Waals surface area contributed by atoms with Crippen molar-refractivity contribution in [2.45, 2.75) is 82.8 Å². The molecule has 0 radical (unpaired) electrons. The zero-order valence-electron chi connectivity index (χ0n) is 21.2. The van der Waals surface area contributed by atoms with Gasteiger partial charge in [0.2, 0.25) is 11.8 Å². The van der Waals surface area contributed by atoms with E-state index in [1.54, 1.807) is 32.9 Å². The highest BCUT2D eigenvalue weighted by atomic mass is 19.1. The number of ether oxygens (including phenoxy) is 1. The molecule has 0 unspecified atom stereocenters. The molecule has 3 heterocycles. The Morgan fingerprint density at radius 1 is 1.28 bits per heavy atom. The molecule has 0 spiro atoms. The monoisotopic (exact) mass is 499 g/mol. The first-order valence-corrected chi connectivity index (χ1v) is 12.5. The predicted molar refractivity (Wildman–Crippen MR) is 129 cm³/mol. The van der Waals surface area contributed by atoms with Crippen LogP contribution < -0.4 is 5.32 Å². The normalized spacial score (nSPS) is 25.6. The average molecular weight is 500 g/mol. The number of amides is 3. The number of rotatable bonds is 6. The first-order chi connectivity index (χ1) is 17.0. The van der Waals surface area contributed by atoms with Crippen molar-refractivity contribution in [2.24, 2.45) is 0 Å². The summed E-state index contributed by atoms with van der Waals surface area (Å²) in [6.07, 6.45) is 1.25. The van der Waals surface area contributed by atoms with E-state index in [0.717, 1.165) is 12.0 Å². The van der Waals surface area contributed by atoms with Crippen LogP contribution in [0.4, 0.5) is 9.18 Å². The minimum Gasteiger partial charge on any atom is -0.444 e. The molecule has 3 saturated heterocycles. The van der Waals surface area contributed by atoms with Crippen LogP contribution in [0.5, 0.6) is 0 Å². The number of hydrogen-bond donors (Lipinski definition) is 1. The Bertz CT molecular complexity index is 1050. The zero-order chi connectivity index (χ0) is 26.2. The molecule has 10 heteroatoms. The minimum absolute atomic E-state index is 0.0392. The highest BCUT2D eigenvalue weighted by Gasteiger charge is 2.52. The molecule has 3 amide bonds. The van der Waals surface area contributed by atoms with Gasteiger partial charge in [-0.25, -0.2) is 9.18 Å². The molecule has 3 fully saturated rings. The number of carbonyl (C=O) groups excluding carboxylic acids is 3. The van der Waals surface area contributed by atoms with Crippen LogP contribution in [0.15, 0.2) is 24.3 Å². The standard InChI is InChI=1S/C26H34FN5O4/c1-16(17-7-9-18(27)10-8-17)32-20-12-22(24(32)34)30(14-20)15-21(29-25(35)36-26(2,3)4)23(33)31-11-5-6-19(31)13-28/h7-10,16,19-22H,5-6,11-12,14-15H2,1-4H3,(H,29,35)/t16-,19+,20-,21+,22-/m1/s1. The van der Waals surface area contributed by atoms with Gasteiger partial charge < -0.3 is 19.9 Å². The van der Waals surface area contributed by atoms with Crippen molar-refractivity contribution in [3.05, 3.63) is 35.6 Å². The first kappa shape index (κ1) is 25.9. The van der Waals surface area contributed by atoms with E-state index < -0.39 is 29.8 Å². The van der Waals surface area contributed by atoms with Crippen LogP contribution in [0.3, 0.4) is 0 Å². The molecular formula is C26H34FN5O4. The molecule has 5 atom stereocenters. The molecule has 2 bridgehead atoms. The molecule has 0 aliphatic carbocycles. The quantitative estimate of drug-likeness (QED) is 0.645. The Morgan fingerprint density at radius 2 is 1.97 bits per heavy atom. The Hall–Kier alpha value is -3.19. The summed E-state index contributed by atoms with van der Waals surface area (Å²) in [4.78, 5) is 44.6. The van der Waals surface area contributed by atoms with E-state index in [2.05, 4.69) is 11.4 Å². The fourth-order valence-corrected chi connectivity index (χ4v) is 5.54. The summed E-state index contributed by atoms with van der Waals surface area (Å²) in [6.45, 7) is 8.32. The third-order valence-electron chi connectivity index (χ3n) is 7.18. The second-order valence-electron chi connectivity index (χ2n) is 10.8. The summed E-state index contributed by atoms with van der Waals surface area (Å²) in [5, 5.41) is 12.2. The molecular weight excluding hydrogens is 465 g/mol. The van der Waals surface area contributed by atoms with E-state index in [-0.39, 0.29) is 36.3 Å². The maximum Gasteiger partial charge on any atom is 0.408 e. The summed E-state index contributed by atoms with van der Waals surface area (Å²) < 4.78 is 18.7. The molecule has 9 nitrogen and oxygen atoms in total. The molecule has 3 aliphatic heterocycles. The third kappa shape index (κ3) is 5.31. The van der Waals surface area contributed by atoms with E-state index in [1.165, 1.54) is 17.0 Å². The number of nitriles is 1. The number of likely N-dealkylation sites (tertiary alicyclic amines) is 3. The largest absolute Gasteiger partial charge is 0.444 e. The van der Waals surface area contributed by atoms with Gasteiger partial charge in [-0.2, -0.15) is 5.26 Å². The number of benzene rings is 1. The van der Waals surface area contributed by atoms with Crippen molar-refractivity contribution < 1.29 is 23.5 Å². The van der Waals surface area contributed by atoms with Crippen LogP contribution in [0.2, 0.25) is 0 Å². The van der Waals surface area contributed by atoms with Gasteiger partial charge >= 0.3 is 6.09 Å². The molecule has 1 N–H and O–H groups in total. The molecule has 36 heavy (non-hydrogen) atoms. The number of fused-ring (bicyclic) bond motifs is 2.